The summed E-state index contributed by atoms with van der Waals surface area (Å²) in [5.41, 5.74) is 0.308. The Morgan fingerprint density at radius 1 is 1.18 bits per heavy atom. The number of fused-ring (bicyclic) bond motifs is 1. The fraction of sp³-hybridized carbons (Fsp3) is 0.318. The van der Waals surface area contributed by atoms with E-state index < -0.39 is 36.2 Å². The number of hydrogen-bond donors (Lipinski definition) is 2. The summed E-state index contributed by atoms with van der Waals surface area (Å²) in [4.78, 5) is 52.0. The number of carbonyl (C=O) groups excluding carboxylic acids is 2. The van der Waals surface area contributed by atoms with Crippen LogP contribution >= 0.6 is 0 Å². The monoisotopic (exact) mass is 559 g/mol. The number of imidazole rings is 1. The maximum Gasteiger partial charge on any atom is 0.451 e. The Balaban J connectivity index is 1.35. The number of nitrogens with zero attached hydrogens (tertiary/aromatic N) is 10. The van der Waals surface area contributed by atoms with Gasteiger partial charge >= 0.3 is 6.18 Å². The normalized spacial score (nSPS) is 16.2. The van der Waals surface area contributed by atoms with Crippen LogP contribution < -0.4 is 10.2 Å². The zero-order valence-corrected chi connectivity index (χ0v) is 21.0. The van der Waals surface area contributed by atoms with Gasteiger partial charge in [0.25, 0.3) is 5.91 Å². The molecule has 0 fully saturated rings. The fourth-order valence-corrected chi connectivity index (χ4v) is 3.90. The van der Waals surface area contributed by atoms with Crippen molar-refractivity contribution in [1.82, 2.24) is 44.5 Å². The molecule has 40 heavy (non-hydrogen) atoms. The third-order valence-corrected chi connectivity index (χ3v) is 5.96. The molecule has 0 aliphatic carbocycles. The fourth-order valence-electron chi connectivity index (χ4n) is 3.90. The van der Waals surface area contributed by atoms with E-state index in [-0.39, 0.29) is 41.0 Å². The summed E-state index contributed by atoms with van der Waals surface area (Å²) in [5.74, 6) is -1.92. The molecule has 4 aromatic heterocycles. The van der Waals surface area contributed by atoms with Crippen molar-refractivity contribution in [2.24, 2.45) is 0 Å². The van der Waals surface area contributed by atoms with E-state index >= 15 is 0 Å². The minimum atomic E-state index is -4.69. The molecule has 2 atom stereocenters. The van der Waals surface area contributed by atoms with E-state index in [4.69, 9.17) is 4.52 Å². The lowest BCUT2D eigenvalue weighted by atomic mass is 10.2. The predicted molar refractivity (Wildman–Crippen MR) is 127 cm³/mol. The zero-order chi connectivity index (χ0) is 28.8. The molecule has 1 aliphatic heterocycles. The summed E-state index contributed by atoms with van der Waals surface area (Å²) in [6, 6.07) is -0.990. The average molecular weight is 559 g/mol. The second-order valence-electron chi connectivity index (χ2n) is 8.70. The van der Waals surface area contributed by atoms with Gasteiger partial charge in [0.2, 0.25) is 24.0 Å². The quantitative estimate of drug-likeness (QED) is 0.347. The van der Waals surface area contributed by atoms with Crippen LogP contribution in [0.2, 0.25) is 0 Å². The number of hydrogen-bond acceptors (Lipinski definition) is 12. The van der Waals surface area contributed by atoms with Crippen molar-refractivity contribution in [2.75, 3.05) is 17.3 Å². The zero-order valence-electron chi connectivity index (χ0n) is 21.0. The Kier molecular flexibility index (Phi) is 6.62. The standard InChI is InChI=1S/C22H20F3N11O4/c1-10(18(37)32-14-7-26-6-13(31-14)12-4-27-20(28-5-12)22(23,24)25)36-9-29-17-16(36)19(38)35(21(39)34(17)3)8-15-30-11(2)33-40-15/h4-7,9-10,21,39H,8H2,1-3H3,(H,31,32,37)/t10-,21?/m0/s1. The van der Waals surface area contributed by atoms with Gasteiger partial charge in [0.05, 0.1) is 24.4 Å². The number of halogens is 3. The number of nitrogens with one attached hydrogen (secondary N) is 1. The lowest BCUT2D eigenvalue weighted by Crippen LogP contribution is -2.54. The summed E-state index contributed by atoms with van der Waals surface area (Å²) in [7, 11) is 1.52. The Labute approximate surface area is 222 Å². The summed E-state index contributed by atoms with van der Waals surface area (Å²) < 4.78 is 44.7. The molecule has 208 valence electrons. The Morgan fingerprint density at radius 3 is 2.55 bits per heavy atom. The molecule has 2 N–H and O–H groups in total. The van der Waals surface area contributed by atoms with E-state index in [1.165, 1.54) is 42.2 Å². The van der Waals surface area contributed by atoms with Crippen LogP contribution in [-0.2, 0) is 17.5 Å². The first-order valence-corrected chi connectivity index (χ1v) is 11.5. The maximum absolute atomic E-state index is 13.4. The Hall–Kier alpha value is -5.00. The van der Waals surface area contributed by atoms with Gasteiger partial charge in [-0.1, -0.05) is 5.16 Å². The van der Waals surface area contributed by atoms with Crippen molar-refractivity contribution in [3.8, 4) is 11.3 Å². The first-order chi connectivity index (χ1) is 18.9. The second kappa shape index (κ2) is 9.95. The highest BCUT2D eigenvalue weighted by Crippen LogP contribution is 2.31. The van der Waals surface area contributed by atoms with Gasteiger partial charge < -0.3 is 24.4 Å². The van der Waals surface area contributed by atoms with Crippen molar-refractivity contribution in [1.29, 1.82) is 0 Å². The van der Waals surface area contributed by atoms with Crippen molar-refractivity contribution >= 4 is 23.5 Å². The molecule has 0 bridgehead atoms. The molecule has 1 aliphatic rings. The lowest BCUT2D eigenvalue weighted by Gasteiger charge is -2.38. The molecular weight excluding hydrogens is 539 g/mol. The molecule has 2 amide bonds. The Morgan fingerprint density at radius 2 is 1.90 bits per heavy atom. The van der Waals surface area contributed by atoms with Crippen LogP contribution in [0, 0.1) is 6.92 Å². The van der Waals surface area contributed by atoms with Gasteiger partial charge in [-0.3, -0.25) is 19.5 Å². The molecule has 0 spiro atoms. The smallest absolute Gasteiger partial charge is 0.356 e. The molecule has 15 nitrogen and oxygen atoms in total. The predicted octanol–water partition coefficient (Wildman–Crippen LogP) is 1.41. The summed E-state index contributed by atoms with van der Waals surface area (Å²) in [6.45, 7) is 2.94. The maximum atomic E-state index is 13.4. The largest absolute Gasteiger partial charge is 0.451 e. The highest BCUT2D eigenvalue weighted by molar-refractivity contribution is 6.01. The van der Waals surface area contributed by atoms with Gasteiger partial charge in [-0.05, 0) is 13.8 Å². The van der Waals surface area contributed by atoms with Gasteiger partial charge in [-0.15, -0.1) is 0 Å². The molecule has 0 radical (unpaired) electrons. The highest BCUT2D eigenvalue weighted by Gasteiger charge is 2.40. The number of aromatic nitrogens is 8. The summed E-state index contributed by atoms with van der Waals surface area (Å²) in [6.07, 6.45) is -0.375. The molecule has 1 unspecified atom stereocenters. The van der Waals surface area contributed by atoms with E-state index in [0.29, 0.717) is 5.82 Å². The van der Waals surface area contributed by atoms with Crippen LogP contribution in [-0.4, -0.2) is 74.8 Å². The van der Waals surface area contributed by atoms with E-state index in [0.717, 1.165) is 17.3 Å². The molecule has 0 saturated carbocycles. The van der Waals surface area contributed by atoms with Crippen LogP contribution in [0.5, 0.6) is 0 Å². The highest BCUT2D eigenvalue weighted by atomic mass is 19.4. The molecule has 0 saturated heterocycles. The van der Waals surface area contributed by atoms with Crippen molar-refractivity contribution in [3.05, 3.63) is 54.3 Å². The minimum absolute atomic E-state index is 0.00418. The average Bonchev–Trinajstić information content (AvgIpc) is 3.55. The molecule has 5 rings (SSSR count). The first kappa shape index (κ1) is 26.6. The molecule has 0 aromatic carbocycles. The van der Waals surface area contributed by atoms with Crippen LogP contribution in [0.1, 0.15) is 41.0 Å². The summed E-state index contributed by atoms with van der Waals surface area (Å²) in [5, 5.41) is 16.9. The third-order valence-electron chi connectivity index (χ3n) is 5.96. The number of rotatable bonds is 6. The van der Waals surface area contributed by atoms with Crippen LogP contribution in [0.25, 0.3) is 11.3 Å². The van der Waals surface area contributed by atoms with Gasteiger partial charge in [0, 0.05) is 25.0 Å². The van der Waals surface area contributed by atoms with Gasteiger partial charge in [0.1, 0.15) is 12.6 Å². The van der Waals surface area contributed by atoms with Crippen LogP contribution in [0.15, 0.2) is 35.6 Å². The van der Waals surface area contributed by atoms with Crippen molar-refractivity contribution in [3.63, 3.8) is 0 Å². The van der Waals surface area contributed by atoms with Crippen molar-refractivity contribution in [2.45, 2.75) is 39.0 Å². The molecule has 5 heterocycles. The van der Waals surface area contributed by atoms with Gasteiger partial charge in [-0.2, -0.15) is 18.2 Å². The first-order valence-electron chi connectivity index (χ1n) is 11.5. The number of anilines is 2. The molecular formula is C22H20F3N11O4. The van der Waals surface area contributed by atoms with E-state index in [9.17, 15) is 27.9 Å². The SMILES string of the molecule is Cc1noc(CN2C(=O)c3c(ncn3[C@@H](C)C(=O)Nc3cncc(-c4cnc(C(F)(F)F)nc4)n3)N(C)C2O)n1. The van der Waals surface area contributed by atoms with Crippen LogP contribution in [0.3, 0.4) is 0 Å². The number of aliphatic hydroxyl groups is 1. The van der Waals surface area contributed by atoms with E-state index in [1.807, 2.05) is 0 Å². The Bertz CT molecular complexity index is 1570. The molecule has 4 aromatic rings. The second-order valence-corrected chi connectivity index (χ2v) is 8.70. The van der Waals surface area contributed by atoms with Crippen molar-refractivity contribution < 1.29 is 32.4 Å². The number of aryl methyl sites for hydroxylation is 1. The van der Waals surface area contributed by atoms with Crippen LogP contribution in [0.4, 0.5) is 24.8 Å². The number of alkyl halides is 3. The number of aliphatic hydroxyl groups excluding tert-OH is 1. The number of carbonyl (C=O) groups is 2. The lowest BCUT2D eigenvalue weighted by molar-refractivity contribution is -0.145. The number of amides is 2. The van der Waals surface area contributed by atoms with Gasteiger partial charge in [0.15, 0.2) is 23.2 Å². The van der Waals surface area contributed by atoms with Gasteiger partial charge in [-0.25, -0.2) is 19.9 Å². The third kappa shape index (κ3) is 4.91. The molecule has 18 heteroatoms. The van der Waals surface area contributed by atoms with E-state index in [1.54, 1.807) is 6.92 Å². The topological polar surface area (TPSA) is 181 Å². The minimum Gasteiger partial charge on any atom is -0.356 e. The van der Waals surface area contributed by atoms with E-state index in [2.05, 4.69) is 40.4 Å². The summed E-state index contributed by atoms with van der Waals surface area (Å²) >= 11 is 0.